The lowest BCUT2D eigenvalue weighted by Crippen LogP contribution is -2.54. The normalized spacial score (nSPS) is 15.2. The molecule has 1 saturated heterocycles. The summed E-state index contributed by atoms with van der Waals surface area (Å²) in [5.74, 6) is -2.23. The summed E-state index contributed by atoms with van der Waals surface area (Å²) >= 11 is 12.4. The molecule has 13 heteroatoms. The van der Waals surface area contributed by atoms with Gasteiger partial charge >= 0.3 is 16.1 Å². The van der Waals surface area contributed by atoms with Gasteiger partial charge in [0, 0.05) is 15.1 Å². The number of nitrogens with one attached hydrogen (secondary N) is 1. The maximum Gasteiger partial charge on any atom is 0.339 e. The molecule has 1 heterocycles. The highest BCUT2D eigenvalue weighted by Crippen LogP contribution is 2.37. The Morgan fingerprint density at radius 1 is 0.972 bits per heavy atom. The van der Waals surface area contributed by atoms with Crippen molar-refractivity contribution in [2.24, 2.45) is 0 Å². The van der Waals surface area contributed by atoms with Crippen molar-refractivity contribution in [1.82, 2.24) is 5.32 Å². The molecular weight excluding hydrogens is 644 g/mol. The van der Waals surface area contributed by atoms with E-state index in [1.165, 1.54) is 60.7 Å². The minimum absolute atomic E-state index is 0.0484. The monoisotopic (exact) mass is 654 g/mol. The smallest absolute Gasteiger partial charge is 0.339 e. The van der Waals surface area contributed by atoms with Gasteiger partial charge in [-0.2, -0.15) is 8.42 Å². The fraction of sp³-hybridized carbons (Fsp3) is 0. The van der Waals surface area contributed by atoms with Gasteiger partial charge in [-0.1, -0.05) is 27.5 Å². The predicted molar refractivity (Wildman–Crippen MR) is 138 cm³/mol. The van der Waals surface area contributed by atoms with E-state index in [1.54, 1.807) is 0 Å². The standard InChI is InChI=1S/C23H13Br2ClN2O7S/c24-13-9-12(20(19(25)11-13)35-36(33,34)17-7-1-14(26)2-8-17)10-18-21(30)27-23(32)28(22(18)31)15-3-5-16(29)6-4-15/h1-11,29H,(H,27,30,32)/b18-10+. The molecule has 0 saturated carbocycles. The number of barbiturate groups is 1. The van der Waals surface area contributed by atoms with Gasteiger partial charge in [0.2, 0.25) is 0 Å². The van der Waals surface area contributed by atoms with Crippen molar-refractivity contribution in [3.05, 3.63) is 85.8 Å². The number of phenolic OH excluding ortho intramolecular Hbond substituents is 1. The highest BCUT2D eigenvalue weighted by Gasteiger charge is 2.37. The Bertz CT molecular complexity index is 1540. The lowest BCUT2D eigenvalue weighted by atomic mass is 10.1. The zero-order valence-electron chi connectivity index (χ0n) is 17.7. The largest absolute Gasteiger partial charge is 0.508 e. The molecule has 4 rings (SSSR count). The van der Waals surface area contributed by atoms with E-state index in [-0.39, 0.29) is 32.1 Å². The van der Waals surface area contributed by atoms with Crippen molar-refractivity contribution in [3.63, 3.8) is 0 Å². The molecule has 9 nitrogen and oxygen atoms in total. The number of hydrogen-bond donors (Lipinski definition) is 2. The molecule has 0 unspecified atom stereocenters. The minimum atomic E-state index is -4.33. The summed E-state index contributed by atoms with van der Waals surface area (Å²) in [6.45, 7) is 0. The molecule has 0 radical (unpaired) electrons. The number of phenols is 1. The summed E-state index contributed by atoms with van der Waals surface area (Å²) in [5, 5.41) is 11.9. The van der Waals surface area contributed by atoms with E-state index in [9.17, 15) is 27.9 Å². The van der Waals surface area contributed by atoms with E-state index >= 15 is 0 Å². The lowest BCUT2D eigenvalue weighted by Gasteiger charge is -2.26. The van der Waals surface area contributed by atoms with Crippen molar-refractivity contribution in [2.75, 3.05) is 4.90 Å². The third-order valence-electron chi connectivity index (χ3n) is 4.84. The second-order valence-corrected chi connectivity index (χ2v) is 11.0. The first kappa shape index (κ1) is 25.9. The Balaban J connectivity index is 1.78. The predicted octanol–water partition coefficient (Wildman–Crippen LogP) is 5.00. The van der Waals surface area contributed by atoms with Crippen molar-refractivity contribution < 1.29 is 32.1 Å². The number of aromatic hydroxyl groups is 1. The first-order valence-electron chi connectivity index (χ1n) is 9.86. The van der Waals surface area contributed by atoms with Gasteiger partial charge in [0.15, 0.2) is 5.75 Å². The number of imide groups is 2. The number of benzene rings is 3. The summed E-state index contributed by atoms with van der Waals surface area (Å²) in [5.41, 5.74) is -0.306. The van der Waals surface area contributed by atoms with Crippen LogP contribution in [0.5, 0.6) is 11.5 Å². The van der Waals surface area contributed by atoms with Crippen LogP contribution in [-0.4, -0.2) is 31.4 Å². The fourth-order valence-corrected chi connectivity index (χ4v) is 5.73. The molecule has 3 aromatic carbocycles. The molecule has 4 amide bonds. The highest BCUT2D eigenvalue weighted by molar-refractivity contribution is 9.11. The van der Waals surface area contributed by atoms with Crippen LogP contribution < -0.4 is 14.4 Å². The van der Waals surface area contributed by atoms with Crippen LogP contribution in [0.1, 0.15) is 5.56 Å². The molecule has 0 bridgehead atoms. The molecule has 0 aliphatic carbocycles. The number of nitrogens with zero attached hydrogens (tertiary/aromatic N) is 1. The molecule has 0 spiro atoms. The van der Waals surface area contributed by atoms with Crippen LogP contribution in [0.15, 0.2) is 80.1 Å². The number of carbonyl (C=O) groups is 3. The Morgan fingerprint density at radius 3 is 2.25 bits per heavy atom. The topological polar surface area (TPSA) is 130 Å². The van der Waals surface area contributed by atoms with Gasteiger partial charge in [-0.15, -0.1) is 0 Å². The molecule has 0 atom stereocenters. The molecular formula is C23H13Br2ClN2O7S. The van der Waals surface area contributed by atoms with Crippen LogP contribution in [0.3, 0.4) is 0 Å². The fourth-order valence-electron chi connectivity index (χ4n) is 3.18. The number of carbonyl (C=O) groups excluding carboxylic acids is 3. The van der Waals surface area contributed by atoms with Gasteiger partial charge in [-0.3, -0.25) is 14.9 Å². The van der Waals surface area contributed by atoms with Gasteiger partial charge in [0.05, 0.1) is 10.2 Å². The number of urea groups is 1. The Labute approximate surface area is 226 Å². The zero-order chi connectivity index (χ0) is 26.2. The van der Waals surface area contributed by atoms with E-state index in [1.807, 2.05) is 0 Å². The first-order chi connectivity index (χ1) is 17.0. The summed E-state index contributed by atoms with van der Waals surface area (Å²) in [4.78, 5) is 38.7. The third kappa shape index (κ3) is 5.31. The minimum Gasteiger partial charge on any atom is -0.508 e. The molecule has 36 heavy (non-hydrogen) atoms. The first-order valence-corrected chi connectivity index (χ1v) is 13.2. The average molecular weight is 657 g/mol. The Kier molecular flexibility index (Phi) is 7.23. The van der Waals surface area contributed by atoms with E-state index in [4.69, 9.17) is 15.8 Å². The number of rotatable bonds is 5. The van der Waals surface area contributed by atoms with E-state index in [0.29, 0.717) is 14.4 Å². The van der Waals surface area contributed by atoms with E-state index in [2.05, 4.69) is 37.2 Å². The van der Waals surface area contributed by atoms with Crippen LogP contribution in [0.4, 0.5) is 10.5 Å². The molecule has 2 N–H and O–H groups in total. The number of halogens is 3. The summed E-state index contributed by atoms with van der Waals surface area (Å²) < 4.78 is 31.8. The average Bonchev–Trinajstić information content (AvgIpc) is 2.80. The maximum absolute atomic E-state index is 13.2. The van der Waals surface area contributed by atoms with Crippen LogP contribution >= 0.6 is 43.5 Å². The maximum atomic E-state index is 13.2. The number of anilines is 1. The quantitative estimate of drug-likeness (QED) is 0.225. The number of hydrogen-bond acceptors (Lipinski definition) is 7. The Morgan fingerprint density at radius 2 is 1.61 bits per heavy atom. The van der Waals surface area contributed by atoms with Crippen molar-refractivity contribution in [2.45, 2.75) is 4.90 Å². The molecule has 1 aliphatic rings. The van der Waals surface area contributed by atoms with Crippen LogP contribution in [0.25, 0.3) is 6.08 Å². The van der Waals surface area contributed by atoms with Gasteiger partial charge in [0.25, 0.3) is 11.8 Å². The van der Waals surface area contributed by atoms with Crippen LogP contribution in [0.2, 0.25) is 5.02 Å². The second kappa shape index (κ2) is 10.1. The highest BCUT2D eigenvalue weighted by atomic mass is 79.9. The molecule has 1 fully saturated rings. The molecule has 1 aliphatic heterocycles. The van der Waals surface area contributed by atoms with E-state index < -0.39 is 33.5 Å². The SMILES string of the molecule is O=C1NC(=O)N(c2ccc(O)cc2)C(=O)/C1=C/c1cc(Br)cc(Br)c1OS(=O)(=O)c1ccc(Cl)cc1. The van der Waals surface area contributed by atoms with Gasteiger partial charge < -0.3 is 9.29 Å². The van der Waals surface area contributed by atoms with E-state index in [0.717, 1.165) is 6.08 Å². The van der Waals surface area contributed by atoms with Crippen LogP contribution in [-0.2, 0) is 19.7 Å². The van der Waals surface area contributed by atoms with Gasteiger partial charge in [-0.05, 0) is 82.7 Å². The molecule has 3 aromatic rings. The Hall–Kier alpha value is -3.19. The van der Waals surface area contributed by atoms with Crippen molar-refractivity contribution in [1.29, 1.82) is 0 Å². The van der Waals surface area contributed by atoms with Gasteiger partial charge in [-0.25, -0.2) is 9.69 Å². The van der Waals surface area contributed by atoms with Crippen molar-refractivity contribution >= 4 is 83.2 Å². The molecule has 184 valence electrons. The summed E-state index contributed by atoms with van der Waals surface area (Å²) in [6.07, 6.45) is 1.11. The summed E-state index contributed by atoms with van der Waals surface area (Å²) in [7, 11) is -4.33. The van der Waals surface area contributed by atoms with Crippen LogP contribution in [0, 0.1) is 0 Å². The van der Waals surface area contributed by atoms with Crippen molar-refractivity contribution in [3.8, 4) is 11.5 Å². The second-order valence-electron chi connectivity index (χ2n) is 7.27. The lowest BCUT2D eigenvalue weighted by molar-refractivity contribution is -0.122. The zero-order valence-corrected chi connectivity index (χ0v) is 22.5. The van der Waals surface area contributed by atoms with Gasteiger partial charge in [0.1, 0.15) is 16.2 Å². The third-order valence-corrected chi connectivity index (χ3v) is 7.38. The number of amides is 4. The molecule has 0 aromatic heterocycles. The summed E-state index contributed by atoms with van der Waals surface area (Å²) in [6, 6.07) is 12.5.